The Morgan fingerprint density at radius 1 is 1.22 bits per heavy atom. The average molecular weight is 262 g/mol. The molecule has 102 valence electrons. The lowest BCUT2D eigenvalue weighted by atomic mass is 10.3. The van der Waals surface area contributed by atoms with Crippen LogP contribution >= 0.6 is 0 Å². The van der Waals surface area contributed by atoms with Gasteiger partial charge in [0.1, 0.15) is 17.5 Å². The Hall–Kier alpha value is -1.53. The number of nitrogens with zero attached hydrogens (tertiary/aromatic N) is 2. The smallest absolute Gasteiger partial charge is 0.373 e. The highest BCUT2D eigenvalue weighted by Crippen LogP contribution is 2.19. The Kier molecular flexibility index (Phi) is 5.18. The van der Waals surface area contributed by atoms with Crippen molar-refractivity contribution in [3.8, 4) is 0 Å². The molecule has 0 aliphatic rings. The van der Waals surface area contributed by atoms with E-state index in [2.05, 4.69) is 20.6 Å². The molecule has 0 amide bonds. The number of aromatic nitrogens is 2. The first-order chi connectivity index (χ1) is 8.44. The molecule has 0 aliphatic carbocycles. The molecule has 0 unspecified atom stereocenters. The van der Waals surface area contributed by atoms with Gasteiger partial charge in [0.15, 0.2) is 0 Å². The van der Waals surface area contributed by atoms with Crippen molar-refractivity contribution in [3.63, 3.8) is 0 Å². The zero-order valence-corrected chi connectivity index (χ0v) is 10.4. The van der Waals surface area contributed by atoms with Crippen LogP contribution in [0.25, 0.3) is 0 Å². The van der Waals surface area contributed by atoms with Crippen molar-refractivity contribution in [3.05, 3.63) is 11.9 Å². The van der Waals surface area contributed by atoms with Gasteiger partial charge in [-0.2, -0.15) is 13.2 Å². The van der Waals surface area contributed by atoms with E-state index < -0.39 is 12.6 Å². The lowest BCUT2D eigenvalue weighted by molar-refractivity contribution is -0.131. The minimum atomic E-state index is -4.15. The predicted molar refractivity (Wildman–Crippen MR) is 64.7 cm³/mol. The molecule has 0 radical (unpaired) electrons. The predicted octanol–water partition coefficient (Wildman–Crippen LogP) is 2.84. The van der Waals surface area contributed by atoms with E-state index in [9.17, 15) is 13.2 Å². The number of hydrogen-bond donors (Lipinski definition) is 2. The monoisotopic (exact) mass is 262 g/mol. The van der Waals surface area contributed by atoms with Crippen LogP contribution in [-0.4, -0.2) is 29.7 Å². The highest BCUT2D eigenvalue weighted by atomic mass is 19.4. The van der Waals surface area contributed by atoms with Gasteiger partial charge in [0, 0.05) is 26.1 Å². The Morgan fingerprint density at radius 3 is 2.44 bits per heavy atom. The molecule has 4 nitrogen and oxygen atoms in total. The first-order valence-electron chi connectivity index (χ1n) is 5.81. The van der Waals surface area contributed by atoms with Gasteiger partial charge in [0.05, 0.1) is 6.42 Å². The largest absolute Gasteiger partial charge is 0.390 e. The number of aryl methyl sites for hydroxylation is 1. The van der Waals surface area contributed by atoms with Gasteiger partial charge in [-0.3, -0.25) is 0 Å². The maximum atomic E-state index is 12.0. The van der Waals surface area contributed by atoms with Crippen molar-refractivity contribution in [2.45, 2.75) is 32.4 Å². The van der Waals surface area contributed by atoms with Crippen LogP contribution in [0.15, 0.2) is 6.07 Å². The van der Waals surface area contributed by atoms with Gasteiger partial charge in [-0.25, -0.2) is 9.97 Å². The summed E-state index contributed by atoms with van der Waals surface area (Å²) >= 11 is 0. The number of anilines is 2. The first kappa shape index (κ1) is 14.5. The zero-order valence-electron chi connectivity index (χ0n) is 10.4. The van der Waals surface area contributed by atoms with E-state index in [4.69, 9.17) is 0 Å². The molecule has 1 rings (SSSR count). The summed E-state index contributed by atoms with van der Waals surface area (Å²) in [4.78, 5) is 8.38. The molecule has 1 aromatic rings. The van der Waals surface area contributed by atoms with Crippen LogP contribution < -0.4 is 10.6 Å². The summed E-state index contributed by atoms with van der Waals surface area (Å²) in [7, 11) is 1.71. The molecule has 0 fully saturated rings. The van der Waals surface area contributed by atoms with Crippen molar-refractivity contribution >= 4 is 11.6 Å². The Bertz CT molecular complexity index is 379. The lowest BCUT2D eigenvalue weighted by Crippen LogP contribution is -2.15. The lowest BCUT2D eigenvalue weighted by Gasteiger charge is -2.10. The molecule has 0 aliphatic heterocycles. The Balaban J connectivity index is 2.66. The zero-order chi connectivity index (χ0) is 13.6. The third kappa shape index (κ3) is 5.20. The highest BCUT2D eigenvalue weighted by molar-refractivity contribution is 5.47. The van der Waals surface area contributed by atoms with E-state index >= 15 is 0 Å². The molecule has 7 heteroatoms. The SMILES string of the molecule is CCCc1nc(NC)cc(NCCC(F)(F)F)n1. The van der Waals surface area contributed by atoms with Gasteiger partial charge in [0.25, 0.3) is 0 Å². The van der Waals surface area contributed by atoms with E-state index in [1.165, 1.54) is 0 Å². The molecule has 2 N–H and O–H groups in total. The van der Waals surface area contributed by atoms with Crippen LogP contribution in [0.4, 0.5) is 24.8 Å². The van der Waals surface area contributed by atoms with Crippen molar-refractivity contribution in [2.24, 2.45) is 0 Å². The molecule has 0 aromatic carbocycles. The minimum Gasteiger partial charge on any atom is -0.373 e. The summed E-state index contributed by atoms with van der Waals surface area (Å²) in [5.41, 5.74) is 0. The maximum absolute atomic E-state index is 12.0. The van der Waals surface area contributed by atoms with E-state index in [1.807, 2.05) is 6.92 Å². The Labute approximate surface area is 104 Å². The topological polar surface area (TPSA) is 49.8 Å². The van der Waals surface area contributed by atoms with Crippen LogP contribution in [-0.2, 0) is 6.42 Å². The van der Waals surface area contributed by atoms with Gasteiger partial charge >= 0.3 is 6.18 Å². The van der Waals surface area contributed by atoms with Crippen molar-refractivity contribution in [1.29, 1.82) is 0 Å². The Morgan fingerprint density at radius 2 is 1.89 bits per heavy atom. The van der Waals surface area contributed by atoms with Gasteiger partial charge in [-0.1, -0.05) is 6.92 Å². The molecular weight excluding hydrogens is 245 g/mol. The van der Waals surface area contributed by atoms with Crippen LogP contribution in [0.5, 0.6) is 0 Å². The van der Waals surface area contributed by atoms with Crippen molar-refractivity contribution < 1.29 is 13.2 Å². The summed E-state index contributed by atoms with van der Waals surface area (Å²) in [6.07, 6.45) is -3.45. The first-order valence-corrected chi connectivity index (χ1v) is 5.81. The second kappa shape index (κ2) is 6.42. The number of alkyl halides is 3. The summed E-state index contributed by atoms with van der Waals surface area (Å²) < 4.78 is 36.1. The van der Waals surface area contributed by atoms with Gasteiger partial charge < -0.3 is 10.6 Å². The summed E-state index contributed by atoms with van der Waals surface area (Å²) in [6, 6.07) is 1.59. The van der Waals surface area contributed by atoms with Crippen LogP contribution in [0.2, 0.25) is 0 Å². The van der Waals surface area contributed by atoms with Gasteiger partial charge in [0.2, 0.25) is 0 Å². The number of halogens is 3. The van der Waals surface area contributed by atoms with E-state index in [0.717, 1.165) is 6.42 Å². The molecule has 1 aromatic heterocycles. The van der Waals surface area contributed by atoms with E-state index in [-0.39, 0.29) is 6.54 Å². The fourth-order valence-electron chi connectivity index (χ4n) is 1.38. The minimum absolute atomic E-state index is 0.185. The van der Waals surface area contributed by atoms with Crippen LogP contribution in [0, 0.1) is 0 Å². The molecule has 0 saturated carbocycles. The molecule has 1 heterocycles. The van der Waals surface area contributed by atoms with E-state index in [1.54, 1.807) is 13.1 Å². The van der Waals surface area contributed by atoms with Crippen molar-refractivity contribution in [1.82, 2.24) is 9.97 Å². The molecular formula is C11H17F3N4. The standard InChI is InChI=1S/C11H17F3N4/c1-3-4-8-17-9(15-2)7-10(18-8)16-6-5-11(12,13)14/h7H,3-6H2,1-2H3,(H2,15,16,17,18). The normalized spacial score (nSPS) is 11.4. The molecule has 0 saturated heterocycles. The van der Waals surface area contributed by atoms with Crippen LogP contribution in [0.1, 0.15) is 25.6 Å². The fourth-order valence-corrected chi connectivity index (χ4v) is 1.38. The quantitative estimate of drug-likeness (QED) is 0.827. The molecule has 0 spiro atoms. The fraction of sp³-hybridized carbons (Fsp3) is 0.636. The third-order valence-electron chi connectivity index (χ3n) is 2.22. The second-order valence-corrected chi connectivity index (χ2v) is 3.85. The number of nitrogens with one attached hydrogen (secondary N) is 2. The van der Waals surface area contributed by atoms with Crippen LogP contribution in [0.3, 0.4) is 0 Å². The third-order valence-corrected chi connectivity index (χ3v) is 2.22. The summed E-state index contributed by atoms with van der Waals surface area (Å²) in [5, 5.41) is 5.52. The second-order valence-electron chi connectivity index (χ2n) is 3.85. The molecule has 18 heavy (non-hydrogen) atoms. The summed E-state index contributed by atoms with van der Waals surface area (Å²) in [5.74, 6) is 1.64. The maximum Gasteiger partial charge on any atom is 0.390 e. The van der Waals surface area contributed by atoms with Crippen molar-refractivity contribution in [2.75, 3.05) is 24.2 Å². The average Bonchev–Trinajstić information content (AvgIpc) is 2.27. The summed E-state index contributed by atoms with van der Waals surface area (Å²) in [6.45, 7) is 1.81. The molecule has 0 atom stereocenters. The van der Waals surface area contributed by atoms with Gasteiger partial charge in [-0.05, 0) is 6.42 Å². The number of rotatable bonds is 6. The van der Waals surface area contributed by atoms with E-state index in [0.29, 0.717) is 23.9 Å². The number of hydrogen-bond acceptors (Lipinski definition) is 4. The van der Waals surface area contributed by atoms with Gasteiger partial charge in [-0.15, -0.1) is 0 Å². The molecule has 0 bridgehead atoms. The highest BCUT2D eigenvalue weighted by Gasteiger charge is 2.26.